The third-order valence-electron chi connectivity index (χ3n) is 2.98. The fraction of sp³-hybridized carbons (Fsp3) is 0.636. The molecule has 3 N–H and O–H groups in total. The lowest BCUT2D eigenvalue weighted by Crippen LogP contribution is -2.44. The SMILES string of the molecule is CC1(C(=O)NCCn2cc(N)cn2)CCCO1. The zero-order valence-electron chi connectivity index (χ0n) is 9.98. The number of nitrogens with one attached hydrogen (secondary N) is 1. The van der Waals surface area contributed by atoms with Gasteiger partial charge in [0.2, 0.25) is 0 Å². The highest BCUT2D eigenvalue weighted by molar-refractivity contribution is 5.84. The molecular weight excluding hydrogens is 220 g/mol. The first-order valence-electron chi connectivity index (χ1n) is 5.80. The van der Waals surface area contributed by atoms with E-state index in [1.165, 1.54) is 0 Å². The summed E-state index contributed by atoms with van der Waals surface area (Å²) in [4.78, 5) is 11.9. The summed E-state index contributed by atoms with van der Waals surface area (Å²) in [6.45, 7) is 3.64. The molecule has 1 saturated heterocycles. The van der Waals surface area contributed by atoms with E-state index in [1.807, 2.05) is 6.92 Å². The lowest BCUT2D eigenvalue weighted by atomic mass is 10.0. The minimum Gasteiger partial charge on any atom is -0.396 e. The molecule has 2 rings (SSSR count). The average Bonchev–Trinajstić information content (AvgIpc) is 2.89. The molecule has 17 heavy (non-hydrogen) atoms. The van der Waals surface area contributed by atoms with Crippen molar-refractivity contribution in [2.24, 2.45) is 0 Å². The molecule has 1 atom stereocenters. The van der Waals surface area contributed by atoms with E-state index in [2.05, 4.69) is 10.4 Å². The number of hydrogen-bond acceptors (Lipinski definition) is 4. The van der Waals surface area contributed by atoms with Crippen LogP contribution in [0.4, 0.5) is 5.69 Å². The van der Waals surface area contributed by atoms with E-state index in [9.17, 15) is 4.79 Å². The monoisotopic (exact) mass is 238 g/mol. The van der Waals surface area contributed by atoms with Crippen molar-refractivity contribution < 1.29 is 9.53 Å². The van der Waals surface area contributed by atoms with E-state index in [-0.39, 0.29) is 5.91 Å². The fourth-order valence-electron chi connectivity index (χ4n) is 1.93. The number of rotatable bonds is 4. The predicted octanol–water partition coefficient (Wildman–Crippen LogP) is 0.151. The Bertz CT molecular complexity index is 396. The summed E-state index contributed by atoms with van der Waals surface area (Å²) in [6, 6.07) is 0. The standard InChI is InChI=1S/C11H18N4O2/c1-11(3-2-6-17-11)10(16)13-4-5-15-8-9(12)7-14-15/h7-8H,2-6,12H2,1H3,(H,13,16). The molecule has 1 aromatic heterocycles. The molecule has 1 aromatic rings. The Hall–Kier alpha value is -1.56. The van der Waals surface area contributed by atoms with E-state index in [1.54, 1.807) is 17.1 Å². The highest BCUT2D eigenvalue weighted by Gasteiger charge is 2.37. The molecule has 1 unspecified atom stereocenters. The minimum absolute atomic E-state index is 0.0462. The maximum absolute atomic E-state index is 11.9. The molecule has 94 valence electrons. The molecule has 0 aliphatic carbocycles. The second-order valence-electron chi connectivity index (χ2n) is 4.48. The molecule has 1 aliphatic heterocycles. The van der Waals surface area contributed by atoms with E-state index in [0.717, 1.165) is 12.8 Å². The topological polar surface area (TPSA) is 82.2 Å². The summed E-state index contributed by atoms with van der Waals surface area (Å²) in [5, 5.41) is 6.89. The molecule has 6 nitrogen and oxygen atoms in total. The van der Waals surface area contributed by atoms with Gasteiger partial charge in [-0.25, -0.2) is 0 Å². The molecule has 0 aromatic carbocycles. The van der Waals surface area contributed by atoms with Crippen molar-refractivity contribution in [1.29, 1.82) is 0 Å². The number of nitrogen functional groups attached to an aromatic ring is 1. The first kappa shape index (κ1) is 11.9. The third kappa shape index (κ3) is 2.76. The van der Waals surface area contributed by atoms with E-state index < -0.39 is 5.60 Å². The zero-order valence-corrected chi connectivity index (χ0v) is 9.98. The van der Waals surface area contributed by atoms with Crippen LogP contribution in [-0.2, 0) is 16.1 Å². The van der Waals surface area contributed by atoms with Crippen molar-refractivity contribution in [3.8, 4) is 0 Å². The number of ether oxygens (including phenoxy) is 1. The number of carbonyl (C=O) groups excluding carboxylic acids is 1. The molecule has 1 aliphatic rings. The first-order valence-corrected chi connectivity index (χ1v) is 5.80. The van der Waals surface area contributed by atoms with Gasteiger partial charge < -0.3 is 15.8 Å². The van der Waals surface area contributed by atoms with Crippen LogP contribution in [0.3, 0.4) is 0 Å². The molecule has 6 heteroatoms. The van der Waals surface area contributed by atoms with Crippen LogP contribution in [0, 0.1) is 0 Å². The second kappa shape index (κ2) is 4.75. The number of hydrogen-bond donors (Lipinski definition) is 2. The summed E-state index contributed by atoms with van der Waals surface area (Å²) < 4.78 is 7.16. The number of aromatic nitrogens is 2. The Morgan fingerprint density at radius 2 is 2.59 bits per heavy atom. The number of nitrogens with zero attached hydrogens (tertiary/aromatic N) is 2. The van der Waals surface area contributed by atoms with Gasteiger partial charge in [0.05, 0.1) is 18.4 Å². The highest BCUT2D eigenvalue weighted by Crippen LogP contribution is 2.24. The van der Waals surface area contributed by atoms with E-state index in [0.29, 0.717) is 25.4 Å². The van der Waals surface area contributed by atoms with Gasteiger partial charge in [-0.3, -0.25) is 9.48 Å². The molecule has 2 heterocycles. The van der Waals surface area contributed by atoms with Crippen LogP contribution in [0.2, 0.25) is 0 Å². The fourth-order valence-corrected chi connectivity index (χ4v) is 1.93. The van der Waals surface area contributed by atoms with Gasteiger partial charge in [-0.2, -0.15) is 5.10 Å². The average molecular weight is 238 g/mol. The van der Waals surface area contributed by atoms with Gasteiger partial charge in [-0.15, -0.1) is 0 Å². The number of nitrogens with two attached hydrogens (primary N) is 1. The van der Waals surface area contributed by atoms with E-state index >= 15 is 0 Å². The van der Waals surface area contributed by atoms with Crippen LogP contribution >= 0.6 is 0 Å². The molecule has 0 radical (unpaired) electrons. The maximum atomic E-state index is 11.9. The van der Waals surface area contributed by atoms with Crippen LogP contribution in [0.5, 0.6) is 0 Å². The van der Waals surface area contributed by atoms with Crippen molar-refractivity contribution in [2.45, 2.75) is 31.9 Å². The summed E-state index contributed by atoms with van der Waals surface area (Å²) in [6.07, 6.45) is 5.05. The Labute approximate surface area is 100 Å². The van der Waals surface area contributed by atoms with Crippen LogP contribution < -0.4 is 11.1 Å². The Balaban J connectivity index is 1.77. The van der Waals surface area contributed by atoms with Gasteiger partial charge in [0, 0.05) is 19.3 Å². The van der Waals surface area contributed by atoms with E-state index in [4.69, 9.17) is 10.5 Å². The van der Waals surface area contributed by atoms with Gasteiger partial charge in [-0.05, 0) is 19.8 Å². The van der Waals surface area contributed by atoms with Gasteiger partial charge in [-0.1, -0.05) is 0 Å². The van der Waals surface area contributed by atoms with Crippen LogP contribution in [0.1, 0.15) is 19.8 Å². The molecule has 0 saturated carbocycles. The van der Waals surface area contributed by atoms with Crippen molar-refractivity contribution in [1.82, 2.24) is 15.1 Å². The molecular formula is C11H18N4O2. The summed E-state index contributed by atoms with van der Waals surface area (Å²) in [5.41, 5.74) is 5.52. The normalized spacial score (nSPS) is 23.8. The van der Waals surface area contributed by atoms with Crippen LogP contribution in [0.15, 0.2) is 12.4 Å². The molecule has 0 bridgehead atoms. The quantitative estimate of drug-likeness (QED) is 0.782. The van der Waals surface area contributed by atoms with Crippen molar-refractivity contribution in [3.05, 3.63) is 12.4 Å². The van der Waals surface area contributed by atoms with Crippen molar-refractivity contribution in [2.75, 3.05) is 18.9 Å². The molecule has 1 amide bonds. The summed E-state index contributed by atoms with van der Waals surface area (Å²) in [5.74, 6) is -0.0462. The largest absolute Gasteiger partial charge is 0.396 e. The number of carbonyl (C=O) groups is 1. The summed E-state index contributed by atoms with van der Waals surface area (Å²) in [7, 11) is 0. The van der Waals surface area contributed by atoms with Crippen LogP contribution in [0.25, 0.3) is 0 Å². The highest BCUT2D eigenvalue weighted by atomic mass is 16.5. The second-order valence-corrected chi connectivity index (χ2v) is 4.48. The smallest absolute Gasteiger partial charge is 0.252 e. The van der Waals surface area contributed by atoms with Crippen molar-refractivity contribution >= 4 is 11.6 Å². The first-order chi connectivity index (χ1) is 8.10. The van der Waals surface area contributed by atoms with Gasteiger partial charge >= 0.3 is 0 Å². The minimum atomic E-state index is -0.650. The zero-order chi connectivity index (χ0) is 12.3. The maximum Gasteiger partial charge on any atom is 0.252 e. The Kier molecular flexibility index (Phi) is 3.33. The van der Waals surface area contributed by atoms with Gasteiger partial charge in [0.15, 0.2) is 0 Å². The van der Waals surface area contributed by atoms with Gasteiger partial charge in [0.1, 0.15) is 5.60 Å². The lowest BCUT2D eigenvalue weighted by Gasteiger charge is -2.21. The van der Waals surface area contributed by atoms with Gasteiger partial charge in [0.25, 0.3) is 5.91 Å². The lowest BCUT2D eigenvalue weighted by molar-refractivity contribution is -0.139. The number of amides is 1. The molecule has 1 fully saturated rings. The Morgan fingerprint density at radius 3 is 3.18 bits per heavy atom. The number of anilines is 1. The molecule has 0 spiro atoms. The van der Waals surface area contributed by atoms with Crippen molar-refractivity contribution in [3.63, 3.8) is 0 Å². The summed E-state index contributed by atoms with van der Waals surface area (Å²) >= 11 is 0. The third-order valence-corrected chi connectivity index (χ3v) is 2.98. The van der Waals surface area contributed by atoms with Crippen LogP contribution in [-0.4, -0.2) is 34.4 Å². The predicted molar refractivity (Wildman–Crippen MR) is 63.2 cm³/mol. The Morgan fingerprint density at radius 1 is 1.76 bits per heavy atom.